The molecule has 0 radical (unpaired) electrons. The first-order valence-corrected chi connectivity index (χ1v) is 6.31. The van der Waals surface area contributed by atoms with Crippen molar-refractivity contribution in [1.29, 1.82) is 0 Å². The van der Waals surface area contributed by atoms with Crippen molar-refractivity contribution in [3.63, 3.8) is 0 Å². The fourth-order valence-electron chi connectivity index (χ4n) is 2.84. The number of hydrogen-bond donors (Lipinski definition) is 1. The zero-order chi connectivity index (χ0) is 14.9. The first kappa shape index (κ1) is 14.6. The van der Waals surface area contributed by atoms with Gasteiger partial charge in [-0.25, -0.2) is 4.39 Å². The lowest BCUT2D eigenvalue weighted by Gasteiger charge is -2.26. The maximum atomic E-state index is 14.4. The van der Waals surface area contributed by atoms with Gasteiger partial charge in [-0.15, -0.1) is 0 Å². The SMILES string of the molecule is COc1cc(C2(C(=O)O)CCCC2)c(F)c(OC)c1F. The van der Waals surface area contributed by atoms with Gasteiger partial charge in [0.2, 0.25) is 5.82 Å². The summed E-state index contributed by atoms with van der Waals surface area (Å²) in [5.41, 5.74) is -1.41. The van der Waals surface area contributed by atoms with Crippen molar-refractivity contribution in [3.8, 4) is 11.5 Å². The van der Waals surface area contributed by atoms with Gasteiger partial charge in [-0.1, -0.05) is 12.8 Å². The van der Waals surface area contributed by atoms with Gasteiger partial charge in [-0.2, -0.15) is 4.39 Å². The van der Waals surface area contributed by atoms with Crippen LogP contribution in [0, 0.1) is 11.6 Å². The van der Waals surface area contributed by atoms with E-state index in [9.17, 15) is 18.7 Å². The van der Waals surface area contributed by atoms with E-state index >= 15 is 0 Å². The number of rotatable bonds is 4. The molecule has 0 atom stereocenters. The first-order chi connectivity index (χ1) is 9.47. The molecule has 20 heavy (non-hydrogen) atoms. The molecule has 0 aromatic heterocycles. The van der Waals surface area contributed by atoms with Crippen molar-refractivity contribution in [2.45, 2.75) is 31.1 Å². The molecular formula is C14H16F2O4. The summed E-state index contributed by atoms with van der Waals surface area (Å²) in [7, 11) is 2.37. The van der Waals surface area contributed by atoms with Gasteiger partial charge in [-0.05, 0) is 18.9 Å². The molecule has 1 fully saturated rings. The lowest BCUT2D eigenvalue weighted by atomic mass is 9.78. The molecule has 1 N–H and O–H groups in total. The van der Waals surface area contributed by atoms with Crippen LogP contribution in [0.25, 0.3) is 0 Å². The predicted molar refractivity (Wildman–Crippen MR) is 67.2 cm³/mol. The number of benzene rings is 1. The van der Waals surface area contributed by atoms with Crippen LogP contribution in [0.15, 0.2) is 6.07 Å². The standard InChI is InChI=1S/C14H16F2O4/c1-19-9-7-8(10(15)12(20-2)11(9)16)14(13(17)18)5-3-4-6-14/h7H,3-6H2,1-2H3,(H,17,18). The Hall–Kier alpha value is -1.85. The minimum Gasteiger partial charge on any atom is -0.494 e. The summed E-state index contributed by atoms with van der Waals surface area (Å²) in [6, 6.07) is 1.13. The lowest BCUT2D eigenvalue weighted by Crippen LogP contribution is -2.34. The van der Waals surface area contributed by atoms with Crippen molar-refractivity contribution in [2.24, 2.45) is 0 Å². The second kappa shape index (κ2) is 5.26. The lowest BCUT2D eigenvalue weighted by molar-refractivity contribution is -0.143. The molecule has 2 rings (SSSR count). The van der Waals surface area contributed by atoms with Crippen LogP contribution in [0.4, 0.5) is 8.78 Å². The van der Waals surface area contributed by atoms with Gasteiger partial charge in [0, 0.05) is 5.56 Å². The molecule has 0 heterocycles. The number of halogens is 2. The number of aliphatic carboxylic acids is 1. The van der Waals surface area contributed by atoms with Crippen LogP contribution in [-0.2, 0) is 10.2 Å². The number of carboxylic acid groups (broad SMARTS) is 1. The van der Waals surface area contributed by atoms with Crippen molar-refractivity contribution in [1.82, 2.24) is 0 Å². The van der Waals surface area contributed by atoms with Crippen molar-refractivity contribution in [2.75, 3.05) is 14.2 Å². The molecular weight excluding hydrogens is 270 g/mol. The molecule has 1 aromatic carbocycles. The molecule has 4 nitrogen and oxygen atoms in total. The summed E-state index contributed by atoms with van der Waals surface area (Å²) < 4.78 is 37.9. The Bertz CT molecular complexity index is 536. The van der Waals surface area contributed by atoms with Crippen LogP contribution in [0.3, 0.4) is 0 Å². The Kier molecular flexibility index (Phi) is 3.83. The molecule has 1 aromatic rings. The number of carboxylic acids is 1. The molecule has 110 valence electrons. The molecule has 1 aliphatic rings. The van der Waals surface area contributed by atoms with Crippen LogP contribution in [-0.4, -0.2) is 25.3 Å². The maximum absolute atomic E-state index is 14.4. The highest BCUT2D eigenvalue weighted by Crippen LogP contribution is 2.46. The second-order valence-corrected chi connectivity index (χ2v) is 4.88. The quantitative estimate of drug-likeness (QED) is 0.924. The average molecular weight is 286 g/mol. The Morgan fingerprint density at radius 3 is 2.25 bits per heavy atom. The van der Waals surface area contributed by atoms with Crippen molar-refractivity contribution < 1.29 is 28.2 Å². The van der Waals surface area contributed by atoms with E-state index in [0.717, 1.165) is 13.2 Å². The fraction of sp³-hybridized carbons (Fsp3) is 0.500. The van der Waals surface area contributed by atoms with E-state index in [4.69, 9.17) is 9.47 Å². The summed E-state index contributed by atoms with van der Waals surface area (Å²) >= 11 is 0. The summed E-state index contributed by atoms with van der Waals surface area (Å²) in [5.74, 6) is -3.85. The third-order valence-electron chi connectivity index (χ3n) is 3.93. The minimum atomic E-state index is -1.33. The topological polar surface area (TPSA) is 55.8 Å². The van der Waals surface area contributed by atoms with Crippen LogP contribution >= 0.6 is 0 Å². The van der Waals surface area contributed by atoms with Crippen LogP contribution < -0.4 is 9.47 Å². The Morgan fingerprint density at radius 1 is 1.20 bits per heavy atom. The summed E-state index contributed by atoms with van der Waals surface area (Å²) in [4.78, 5) is 11.6. The third kappa shape index (κ3) is 1.99. The summed E-state index contributed by atoms with van der Waals surface area (Å²) in [6.07, 6.45) is 2.01. The van der Waals surface area contributed by atoms with Gasteiger partial charge < -0.3 is 14.6 Å². The fourth-order valence-corrected chi connectivity index (χ4v) is 2.84. The maximum Gasteiger partial charge on any atom is 0.314 e. The third-order valence-corrected chi connectivity index (χ3v) is 3.93. The number of hydrogen-bond acceptors (Lipinski definition) is 3. The average Bonchev–Trinajstić information content (AvgIpc) is 2.90. The highest BCUT2D eigenvalue weighted by molar-refractivity contribution is 5.82. The highest BCUT2D eigenvalue weighted by atomic mass is 19.1. The summed E-state index contributed by atoms with van der Waals surface area (Å²) in [5, 5.41) is 9.50. The van der Waals surface area contributed by atoms with E-state index in [1.165, 1.54) is 7.11 Å². The van der Waals surface area contributed by atoms with Crippen LogP contribution in [0.5, 0.6) is 11.5 Å². The minimum absolute atomic E-state index is 0.0717. The molecule has 0 saturated heterocycles. The Morgan fingerprint density at radius 2 is 1.80 bits per heavy atom. The molecule has 6 heteroatoms. The zero-order valence-corrected chi connectivity index (χ0v) is 11.3. The smallest absolute Gasteiger partial charge is 0.314 e. The normalized spacial score (nSPS) is 17.0. The molecule has 0 amide bonds. The van der Waals surface area contributed by atoms with Gasteiger partial charge in [0.15, 0.2) is 17.3 Å². The van der Waals surface area contributed by atoms with Crippen LogP contribution in [0.2, 0.25) is 0 Å². The molecule has 0 aliphatic heterocycles. The molecule has 0 spiro atoms. The van der Waals surface area contributed by atoms with E-state index in [2.05, 4.69) is 0 Å². The molecule has 1 aliphatic carbocycles. The largest absolute Gasteiger partial charge is 0.494 e. The zero-order valence-electron chi connectivity index (χ0n) is 11.3. The monoisotopic (exact) mass is 286 g/mol. The van der Waals surface area contributed by atoms with E-state index in [1.807, 2.05) is 0 Å². The predicted octanol–water partition coefficient (Wildman–Crippen LogP) is 2.88. The van der Waals surface area contributed by atoms with Crippen molar-refractivity contribution in [3.05, 3.63) is 23.3 Å². The van der Waals surface area contributed by atoms with E-state index in [0.29, 0.717) is 25.7 Å². The van der Waals surface area contributed by atoms with E-state index in [-0.39, 0.29) is 11.3 Å². The molecule has 0 unspecified atom stereocenters. The molecule has 1 saturated carbocycles. The number of carbonyl (C=O) groups is 1. The van der Waals surface area contributed by atoms with Gasteiger partial charge >= 0.3 is 5.97 Å². The van der Waals surface area contributed by atoms with Crippen molar-refractivity contribution >= 4 is 5.97 Å². The number of ether oxygens (including phenoxy) is 2. The summed E-state index contributed by atoms with van der Waals surface area (Å²) in [6.45, 7) is 0. The van der Waals surface area contributed by atoms with Gasteiger partial charge in [-0.3, -0.25) is 4.79 Å². The Labute approximate surface area is 115 Å². The highest BCUT2D eigenvalue weighted by Gasteiger charge is 2.46. The van der Waals surface area contributed by atoms with Gasteiger partial charge in [0.1, 0.15) is 0 Å². The molecule has 0 bridgehead atoms. The second-order valence-electron chi connectivity index (χ2n) is 4.88. The Balaban J connectivity index is 2.70. The van der Waals surface area contributed by atoms with Gasteiger partial charge in [0.05, 0.1) is 19.6 Å². The first-order valence-electron chi connectivity index (χ1n) is 6.31. The van der Waals surface area contributed by atoms with E-state index < -0.39 is 28.8 Å². The van der Waals surface area contributed by atoms with Crippen LogP contribution in [0.1, 0.15) is 31.2 Å². The number of methoxy groups -OCH3 is 2. The van der Waals surface area contributed by atoms with Gasteiger partial charge in [0.25, 0.3) is 0 Å². The van der Waals surface area contributed by atoms with E-state index in [1.54, 1.807) is 0 Å².